The average Bonchev–Trinajstić information content (AvgIpc) is 3.09. The Bertz CT molecular complexity index is 1780. The zero-order valence-electron chi connectivity index (χ0n) is 28.3. The van der Waals surface area contributed by atoms with E-state index in [0.717, 1.165) is 39.4 Å². The lowest BCUT2D eigenvalue weighted by atomic mass is 10.0. The van der Waals surface area contributed by atoms with Crippen molar-refractivity contribution in [3.05, 3.63) is 119 Å². The van der Waals surface area contributed by atoms with Gasteiger partial charge in [0.05, 0.1) is 24.8 Å². The fourth-order valence-electron chi connectivity index (χ4n) is 5.38. The van der Waals surface area contributed by atoms with Gasteiger partial charge in [0.15, 0.2) is 11.5 Å². The molecule has 2 amide bonds. The molecule has 0 heterocycles. The minimum absolute atomic E-state index is 0.0271. The molecule has 0 unspecified atom stereocenters. The fourth-order valence-corrected chi connectivity index (χ4v) is 6.78. The Labute approximate surface area is 284 Å². The van der Waals surface area contributed by atoms with E-state index < -0.39 is 28.5 Å². The molecular formula is C38H45N3O6S. The second kappa shape index (κ2) is 16.8. The molecule has 1 atom stereocenters. The normalized spacial score (nSPS) is 11.8. The van der Waals surface area contributed by atoms with Gasteiger partial charge in [0.25, 0.3) is 10.0 Å². The molecule has 1 N–H and O–H groups in total. The summed E-state index contributed by atoms with van der Waals surface area (Å²) in [6.45, 7) is 5.86. The van der Waals surface area contributed by atoms with Gasteiger partial charge in [-0.3, -0.25) is 13.9 Å². The second-order valence-corrected chi connectivity index (χ2v) is 13.5. The number of nitrogens with one attached hydrogen (secondary N) is 1. The number of aryl methyl sites for hydroxylation is 2. The van der Waals surface area contributed by atoms with Gasteiger partial charge in [0.1, 0.15) is 12.6 Å². The molecule has 0 spiro atoms. The van der Waals surface area contributed by atoms with E-state index in [9.17, 15) is 18.0 Å². The molecule has 4 rings (SSSR count). The van der Waals surface area contributed by atoms with E-state index in [1.807, 2.05) is 75.4 Å². The lowest BCUT2D eigenvalue weighted by Crippen LogP contribution is -2.53. The second-order valence-electron chi connectivity index (χ2n) is 11.7. The van der Waals surface area contributed by atoms with E-state index in [-0.39, 0.29) is 29.5 Å². The first-order chi connectivity index (χ1) is 23.1. The predicted molar refractivity (Wildman–Crippen MR) is 189 cm³/mol. The Morgan fingerprint density at radius 2 is 1.50 bits per heavy atom. The van der Waals surface area contributed by atoms with Crippen LogP contribution in [-0.4, -0.2) is 58.5 Å². The van der Waals surface area contributed by atoms with Crippen molar-refractivity contribution in [2.75, 3.05) is 31.6 Å². The highest BCUT2D eigenvalue weighted by Gasteiger charge is 2.35. The zero-order valence-corrected chi connectivity index (χ0v) is 29.1. The van der Waals surface area contributed by atoms with Crippen LogP contribution in [0.3, 0.4) is 0 Å². The third-order valence-corrected chi connectivity index (χ3v) is 10.0. The topological polar surface area (TPSA) is 105 Å². The summed E-state index contributed by atoms with van der Waals surface area (Å²) in [5, 5.41) is 3.02. The highest BCUT2D eigenvalue weighted by atomic mass is 32.2. The van der Waals surface area contributed by atoms with Crippen molar-refractivity contribution in [3.63, 3.8) is 0 Å². The highest BCUT2D eigenvalue weighted by molar-refractivity contribution is 7.92. The largest absolute Gasteiger partial charge is 0.493 e. The summed E-state index contributed by atoms with van der Waals surface area (Å²) in [6, 6.07) is 27.4. The summed E-state index contributed by atoms with van der Waals surface area (Å²) >= 11 is 0. The molecule has 254 valence electrons. The number of carbonyl (C=O) groups is 2. The molecule has 0 saturated heterocycles. The number of methoxy groups -OCH3 is 2. The van der Waals surface area contributed by atoms with Crippen LogP contribution in [0.5, 0.6) is 11.5 Å². The van der Waals surface area contributed by atoms with Gasteiger partial charge in [-0.2, -0.15) is 0 Å². The number of amides is 2. The molecule has 0 aliphatic rings. The quantitative estimate of drug-likeness (QED) is 0.145. The molecule has 0 aliphatic carbocycles. The van der Waals surface area contributed by atoms with Gasteiger partial charge in [-0.1, -0.05) is 85.6 Å². The number of benzene rings is 4. The zero-order chi connectivity index (χ0) is 34.7. The molecular weight excluding hydrogens is 627 g/mol. The van der Waals surface area contributed by atoms with Crippen LogP contribution < -0.4 is 19.1 Å². The van der Waals surface area contributed by atoms with Crippen molar-refractivity contribution in [2.24, 2.45) is 0 Å². The highest BCUT2D eigenvalue weighted by Crippen LogP contribution is 2.34. The standard InChI is InChI=1S/C38H45N3O6S/c1-6-7-23-39-38(43)34(24-30-14-9-8-10-15-30)40(26-31-16-12-11-13-29(31)3)37(42)27-41(32-19-22-35(46-4)36(25-32)47-5)48(44,45)33-20-17-28(2)18-21-33/h8-22,25,34H,6-7,23-24,26-27H2,1-5H3,(H,39,43)/t34-/m0/s1. The lowest BCUT2D eigenvalue weighted by Gasteiger charge is -2.34. The number of hydrogen-bond acceptors (Lipinski definition) is 6. The third-order valence-electron chi connectivity index (χ3n) is 8.25. The van der Waals surface area contributed by atoms with E-state index in [1.54, 1.807) is 24.3 Å². The van der Waals surface area contributed by atoms with E-state index in [0.29, 0.717) is 18.0 Å². The predicted octanol–water partition coefficient (Wildman–Crippen LogP) is 6.07. The summed E-state index contributed by atoms with van der Waals surface area (Å²) < 4.78 is 40.6. The van der Waals surface area contributed by atoms with Crippen LogP contribution in [0.4, 0.5) is 5.69 Å². The Morgan fingerprint density at radius 3 is 2.15 bits per heavy atom. The molecule has 0 saturated carbocycles. The van der Waals surface area contributed by atoms with E-state index in [2.05, 4.69) is 5.32 Å². The van der Waals surface area contributed by atoms with Crippen LogP contribution in [0.2, 0.25) is 0 Å². The van der Waals surface area contributed by atoms with Crippen molar-refractivity contribution in [1.29, 1.82) is 0 Å². The van der Waals surface area contributed by atoms with Crippen LogP contribution >= 0.6 is 0 Å². The summed E-state index contributed by atoms with van der Waals surface area (Å²) in [6.07, 6.45) is 1.93. The number of unbranched alkanes of at least 4 members (excludes halogenated alkanes) is 1. The van der Waals surface area contributed by atoms with E-state index in [4.69, 9.17) is 9.47 Å². The van der Waals surface area contributed by atoms with Crippen LogP contribution in [0.1, 0.15) is 42.0 Å². The first kappa shape index (κ1) is 36.0. The Morgan fingerprint density at radius 1 is 0.833 bits per heavy atom. The van der Waals surface area contributed by atoms with E-state index >= 15 is 0 Å². The van der Waals surface area contributed by atoms with Crippen LogP contribution in [0.15, 0.2) is 102 Å². The maximum Gasteiger partial charge on any atom is 0.264 e. The van der Waals surface area contributed by atoms with Crippen molar-refractivity contribution in [1.82, 2.24) is 10.2 Å². The van der Waals surface area contributed by atoms with Crippen molar-refractivity contribution < 1.29 is 27.5 Å². The maximum absolute atomic E-state index is 14.7. The van der Waals surface area contributed by atoms with Gasteiger partial charge in [-0.25, -0.2) is 8.42 Å². The summed E-state index contributed by atoms with van der Waals surface area (Å²) in [5.41, 5.74) is 3.78. The molecule has 4 aromatic carbocycles. The molecule has 0 aliphatic heterocycles. The Balaban J connectivity index is 1.84. The summed E-state index contributed by atoms with van der Waals surface area (Å²) in [5.74, 6) is -0.114. The Kier molecular flexibility index (Phi) is 12.6. The summed E-state index contributed by atoms with van der Waals surface area (Å²) in [7, 11) is -1.31. The molecule has 0 aromatic heterocycles. The van der Waals surface area contributed by atoms with Gasteiger partial charge in [0.2, 0.25) is 11.8 Å². The lowest BCUT2D eigenvalue weighted by molar-refractivity contribution is -0.140. The van der Waals surface area contributed by atoms with Crippen molar-refractivity contribution in [3.8, 4) is 11.5 Å². The SMILES string of the molecule is CCCCNC(=O)[C@H](Cc1ccccc1)N(Cc1ccccc1C)C(=O)CN(c1ccc(OC)c(OC)c1)S(=O)(=O)c1ccc(C)cc1. The molecule has 9 nitrogen and oxygen atoms in total. The number of ether oxygens (including phenoxy) is 2. The molecule has 4 aromatic rings. The van der Waals surface area contributed by atoms with E-state index in [1.165, 1.54) is 37.3 Å². The first-order valence-electron chi connectivity index (χ1n) is 16.1. The van der Waals surface area contributed by atoms with Gasteiger partial charge in [0, 0.05) is 25.6 Å². The minimum Gasteiger partial charge on any atom is -0.493 e. The van der Waals surface area contributed by atoms with Crippen molar-refractivity contribution in [2.45, 2.75) is 57.5 Å². The molecule has 0 fully saturated rings. The summed E-state index contributed by atoms with van der Waals surface area (Å²) in [4.78, 5) is 30.2. The number of sulfonamides is 1. The average molecular weight is 672 g/mol. The first-order valence-corrected chi connectivity index (χ1v) is 17.5. The van der Waals surface area contributed by atoms with Gasteiger partial charge in [-0.15, -0.1) is 0 Å². The van der Waals surface area contributed by atoms with Crippen molar-refractivity contribution >= 4 is 27.5 Å². The van der Waals surface area contributed by atoms with Gasteiger partial charge >= 0.3 is 0 Å². The third kappa shape index (κ3) is 8.95. The minimum atomic E-state index is -4.26. The van der Waals surface area contributed by atoms with Crippen LogP contribution in [0, 0.1) is 13.8 Å². The number of carbonyl (C=O) groups excluding carboxylic acids is 2. The molecule has 0 bridgehead atoms. The van der Waals surface area contributed by atoms with Gasteiger partial charge < -0.3 is 19.7 Å². The van der Waals surface area contributed by atoms with Crippen LogP contribution in [0.25, 0.3) is 0 Å². The monoisotopic (exact) mass is 671 g/mol. The number of nitrogens with zero attached hydrogens (tertiary/aromatic N) is 2. The number of anilines is 1. The molecule has 10 heteroatoms. The molecule has 48 heavy (non-hydrogen) atoms. The maximum atomic E-state index is 14.7. The number of rotatable bonds is 16. The molecule has 0 radical (unpaired) electrons. The van der Waals surface area contributed by atoms with Crippen LogP contribution in [-0.2, 0) is 32.6 Å². The Hall–Kier alpha value is -4.83. The fraction of sp³-hybridized carbons (Fsp3) is 0.316. The van der Waals surface area contributed by atoms with Gasteiger partial charge in [-0.05, 0) is 61.2 Å². The smallest absolute Gasteiger partial charge is 0.264 e. The number of hydrogen-bond donors (Lipinski definition) is 1.